The lowest BCUT2D eigenvalue weighted by Crippen LogP contribution is -2.08. The van der Waals surface area contributed by atoms with Crippen molar-refractivity contribution < 1.29 is 13.9 Å². The fourth-order valence-electron chi connectivity index (χ4n) is 3.41. The molecule has 0 aromatic carbocycles. The normalized spacial score (nSPS) is 13.9. The molecule has 0 spiro atoms. The van der Waals surface area contributed by atoms with E-state index >= 15 is 0 Å². The monoisotopic (exact) mass is 472 g/mol. The van der Waals surface area contributed by atoms with Crippen LogP contribution in [0.2, 0.25) is 0 Å². The Bertz CT molecular complexity index is 797. The molecule has 0 atom stereocenters. The van der Waals surface area contributed by atoms with Gasteiger partial charge in [-0.05, 0) is 97.5 Å². The lowest BCUT2D eigenvalue weighted by atomic mass is 9.85. The molecule has 0 aromatic heterocycles. The molecule has 0 saturated carbocycles. The zero-order valence-electron chi connectivity index (χ0n) is 23.2. The van der Waals surface area contributed by atoms with Crippen LogP contribution in [0.3, 0.4) is 0 Å². The molecule has 0 heterocycles. The molecule has 34 heavy (non-hydrogen) atoms. The first-order valence-electron chi connectivity index (χ1n) is 12.9. The molecule has 0 aliphatic carbocycles. The third kappa shape index (κ3) is 17.4. The van der Waals surface area contributed by atoms with Crippen LogP contribution in [0.25, 0.3) is 0 Å². The van der Waals surface area contributed by atoms with E-state index in [9.17, 15) is 9.18 Å². The molecule has 192 valence electrons. The fraction of sp³-hybridized carbons (Fsp3) is 0.645. The van der Waals surface area contributed by atoms with Gasteiger partial charge in [-0.1, -0.05) is 48.8 Å². The van der Waals surface area contributed by atoms with E-state index < -0.39 is 0 Å². The molecule has 0 aliphatic heterocycles. The fourth-order valence-corrected chi connectivity index (χ4v) is 3.41. The van der Waals surface area contributed by atoms with Gasteiger partial charge in [-0.25, -0.2) is 4.39 Å². The van der Waals surface area contributed by atoms with E-state index in [1.807, 2.05) is 20.8 Å². The molecule has 0 aliphatic rings. The van der Waals surface area contributed by atoms with Crippen molar-refractivity contribution in [3.63, 3.8) is 0 Å². The number of rotatable bonds is 16. The molecular weight excluding hydrogens is 423 g/mol. The topological polar surface area (TPSA) is 26.3 Å². The van der Waals surface area contributed by atoms with Gasteiger partial charge in [-0.15, -0.1) is 11.8 Å². The number of ether oxygens (including phenoxy) is 1. The number of esters is 1. The lowest BCUT2D eigenvalue weighted by molar-refractivity contribution is -0.143. The van der Waals surface area contributed by atoms with E-state index in [0.29, 0.717) is 19.4 Å². The Morgan fingerprint density at radius 2 is 1.41 bits per heavy atom. The lowest BCUT2D eigenvalue weighted by Gasteiger charge is -2.20. The first kappa shape index (κ1) is 31.9. The number of hydrogen-bond acceptors (Lipinski definition) is 2. The van der Waals surface area contributed by atoms with Crippen molar-refractivity contribution >= 4 is 5.97 Å². The van der Waals surface area contributed by atoms with Crippen LogP contribution in [0.5, 0.6) is 0 Å². The number of carbonyl (C=O) groups is 1. The van der Waals surface area contributed by atoms with Crippen molar-refractivity contribution in [2.75, 3.05) is 6.61 Å². The van der Waals surface area contributed by atoms with E-state index in [-0.39, 0.29) is 17.2 Å². The van der Waals surface area contributed by atoms with Gasteiger partial charge < -0.3 is 4.74 Å². The van der Waals surface area contributed by atoms with Gasteiger partial charge in [-0.3, -0.25) is 4.79 Å². The zero-order valence-corrected chi connectivity index (χ0v) is 23.2. The molecule has 0 aromatic rings. The van der Waals surface area contributed by atoms with Gasteiger partial charge >= 0.3 is 5.97 Å². The molecule has 0 amide bonds. The summed E-state index contributed by atoms with van der Waals surface area (Å²) in [7, 11) is 0. The first-order valence-corrected chi connectivity index (χ1v) is 12.9. The average molecular weight is 473 g/mol. The molecule has 0 rings (SSSR count). The second-order valence-electron chi connectivity index (χ2n) is 10.2. The molecule has 0 saturated heterocycles. The highest BCUT2D eigenvalue weighted by molar-refractivity contribution is 5.69. The van der Waals surface area contributed by atoms with Crippen LogP contribution in [0.15, 0.2) is 46.3 Å². The van der Waals surface area contributed by atoms with Crippen molar-refractivity contribution in [3.8, 4) is 11.8 Å². The SMILES string of the molecule is CC#CCC(C)(C)C/C=C(\C)CC/C(C)=C(\F)CC/C=C(\C)CC/C=C(\C)CCC(=O)OCC. The van der Waals surface area contributed by atoms with Crippen LogP contribution < -0.4 is 0 Å². The number of allylic oxidation sites excluding steroid dienone is 8. The number of carbonyl (C=O) groups excluding carboxylic acids is 1. The van der Waals surface area contributed by atoms with Crippen LogP contribution in [-0.4, -0.2) is 12.6 Å². The second kappa shape index (κ2) is 18.3. The first-order chi connectivity index (χ1) is 16.0. The van der Waals surface area contributed by atoms with Crippen LogP contribution in [0.4, 0.5) is 4.39 Å². The summed E-state index contributed by atoms with van der Waals surface area (Å²) in [5.41, 5.74) is 4.88. The van der Waals surface area contributed by atoms with Crippen molar-refractivity contribution in [1.29, 1.82) is 0 Å². The maximum atomic E-state index is 14.5. The minimum absolute atomic E-state index is 0.0325. The largest absolute Gasteiger partial charge is 0.466 e. The minimum atomic E-state index is -0.135. The van der Waals surface area contributed by atoms with Gasteiger partial charge in [-0.2, -0.15) is 0 Å². The average Bonchev–Trinajstić information content (AvgIpc) is 2.78. The second-order valence-corrected chi connectivity index (χ2v) is 10.2. The highest BCUT2D eigenvalue weighted by Crippen LogP contribution is 2.27. The van der Waals surface area contributed by atoms with E-state index in [1.54, 1.807) is 0 Å². The Hall–Kier alpha value is -2.08. The van der Waals surface area contributed by atoms with Crippen molar-refractivity contribution in [3.05, 3.63) is 46.3 Å². The number of hydrogen-bond donors (Lipinski definition) is 0. The van der Waals surface area contributed by atoms with E-state index in [0.717, 1.165) is 56.9 Å². The molecule has 0 unspecified atom stereocenters. The predicted molar refractivity (Wildman–Crippen MR) is 145 cm³/mol. The summed E-state index contributed by atoms with van der Waals surface area (Å²) in [6.45, 7) is 16.9. The van der Waals surface area contributed by atoms with Gasteiger partial charge in [0.1, 0.15) is 0 Å². The van der Waals surface area contributed by atoms with Crippen LogP contribution in [-0.2, 0) is 9.53 Å². The summed E-state index contributed by atoms with van der Waals surface area (Å²) >= 11 is 0. The highest BCUT2D eigenvalue weighted by atomic mass is 19.1. The van der Waals surface area contributed by atoms with E-state index in [4.69, 9.17) is 4.74 Å². The number of halogens is 1. The quantitative estimate of drug-likeness (QED) is 0.127. The molecule has 0 fully saturated rings. The van der Waals surface area contributed by atoms with Gasteiger partial charge in [0.25, 0.3) is 0 Å². The van der Waals surface area contributed by atoms with Gasteiger partial charge in [0.05, 0.1) is 12.4 Å². The Labute approximate surface area is 209 Å². The van der Waals surface area contributed by atoms with Gasteiger partial charge in [0.15, 0.2) is 0 Å². The third-order valence-corrected chi connectivity index (χ3v) is 6.02. The third-order valence-electron chi connectivity index (χ3n) is 6.02. The van der Waals surface area contributed by atoms with Crippen molar-refractivity contribution in [2.45, 2.75) is 120 Å². The van der Waals surface area contributed by atoms with Gasteiger partial charge in [0, 0.05) is 19.3 Å². The summed E-state index contributed by atoms with van der Waals surface area (Å²) < 4.78 is 19.5. The Morgan fingerprint density at radius 1 is 0.853 bits per heavy atom. The maximum Gasteiger partial charge on any atom is 0.306 e. The zero-order chi connectivity index (χ0) is 26.0. The summed E-state index contributed by atoms with van der Waals surface area (Å²) in [5, 5.41) is 0. The molecular formula is C31H49FO2. The van der Waals surface area contributed by atoms with Gasteiger partial charge in [0.2, 0.25) is 0 Å². The van der Waals surface area contributed by atoms with E-state index in [2.05, 4.69) is 64.7 Å². The molecule has 0 radical (unpaired) electrons. The molecule has 2 nitrogen and oxygen atoms in total. The predicted octanol–water partition coefficient (Wildman–Crippen LogP) is 9.58. The Morgan fingerprint density at radius 3 is 2.03 bits per heavy atom. The van der Waals surface area contributed by atoms with Crippen molar-refractivity contribution in [2.24, 2.45) is 5.41 Å². The van der Waals surface area contributed by atoms with E-state index in [1.165, 1.54) is 16.7 Å². The van der Waals surface area contributed by atoms with Crippen LogP contribution >= 0.6 is 0 Å². The molecule has 3 heteroatoms. The van der Waals surface area contributed by atoms with Crippen LogP contribution in [0.1, 0.15) is 120 Å². The smallest absolute Gasteiger partial charge is 0.306 e. The Kier molecular flexibility index (Phi) is 17.2. The highest BCUT2D eigenvalue weighted by Gasteiger charge is 2.14. The Balaban J connectivity index is 4.39. The summed E-state index contributed by atoms with van der Waals surface area (Å²) in [4.78, 5) is 11.4. The minimum Gasteiger partial charge on any atom is -0.466 e. The summed E-state index contributed by atoms with van der Waals surface area (Å²) in [6, 6.07) is 0. The van der Waals surface area contributed by atoms with Crippen LogP contribution in [0, 0.1) is 17.3 Å². The maximum absolute atomic E-state index is 14.5. The molecule has 0 bridgehead atoms. The standard InChI is InChI=1S/C31H49FO2/c1-9-11-23-31(7,8)24-22-27(5)18-20-28(6)29(32)17-13-16-25(3)14-12-15-26(4)19-21-30(33)34-10-2/h15-16,22H,10,12-14,17-21,23-24H2,1-8H3/b25-16+,26-15+,27-22+,29-28-. The molecule has 0 N–H and O–H groups in total. The summed E-state index contributed by atoms with van der Waals surface area (Å²) in [5.74, 6) is 6.05. The summed E-state index contributed by atoms with van der Waals surface area (Å²) in [6.07, 6.45) is 14.5. The van der Waals surface area contributed by atoms with Crippen molar-refractivity contribution in [1.82, 2.24) is 0 Å².